The van der Waals surface area contributed by atoms with Gasteiger partial charge in [-0.2, -0.15) is 13.2 Å². The quantitative estimate of drug-likeness (QED) is 0.739. The number of carbonyl (C=O) groups is 1. The van der Waals surface area contributed by atoms with E-state index in [2.05, 4.69) is 0 Å². The maximum absolute atomic E-state index is 12.3. The average Bonchev–Trinajstić information content (AvgIpc) is 2.53. The topological polar surface area (TPSA) is 40.6 Å². The Morgan fingerprint density at radius 1 is 1.16 bits per heavy atom. The SMILES string of the molecule is O=C(CC(F)(F)F)N1CCN(CCS(=O)c2cc(Cl)ccc2Cl)CC1. The van der Waals surface area contributed by atoms with Gasteiger partial charge in [0, 0.05) is 43.5 Å². The molecule has 1 heterocycles. The van der Waals surface area contributed by atoms with Crippen LogP contribution in [0.15, 0.2) is 23.1 Å². The van der Waals surface area contributed by atoms with Gasteiger partial charge < -0.3 is 4.90 Å². The molecule has 1 fully saturated rings. The van der Waals surface area contributed by atoms with Gasteiger partial charge >= 0.3 is 6.18 Å². The number of carbonyl (C=O) groups excluding carboxylic acids is 1. The van der Waals surface area contributed by atoms with Crippen molar-refractivity contribution in [2.45, 2.75) is 17.5 Å². The number of alkyl halides is 3. The van der Waals surface area contributed by atoms with Crippen LogP contribution in [0, 0.1) is 0 Å². The summed E-state index contributed by atoms with van der Waals surface area (Å²) in [5.74, 6) is -0.572. The number of hydrogen-bond donors (Lipinski definition) is 0. The highest BCUT2D eigenvalue weighted by Crippen LogP contribution is 2.24. The van der Waals surface area contributed by atoms with Gasteiger partial charge in [0.2, 0.25) is 5.91 Å². The lowest BCUT2D eigenvalue weighted by molar-refractivity contribution is -0.162. The molecule has 140 valence electrons. The number of piperazine rings is 1. The molecule has 1 aromatic carbocycles. The Kier molecular flexibility index (Phi) is 7.13. The molecule has 25 heavy (non-hydrogen) atoms. The minimum absolute atomic E-state index is 0.236. The van der Waals surface area contributed by atoms with Crippen LogP contribution in [0.5, 0.6) is 0 Å². The zero-order valence-corrected chi connectivity index (χ0v) is 15.5. The van der Waals surface area contributed by atoms with Gasteiger partial charge in [-0.1, -0.05) is 23.2 Å². The van der Waals surface area contributed by atoms with Crippen molar-refractivity contribution >= 4 is 39.9 Å². The lowest BCUT2D eigenvalue weighted by Gasteiger charge is -2.34. The smallest absolute Gasteiger partial charge is 0.340 e. The largest absolute Gasteiger partial charge is 0.397 e. The molecule has 1 atom stereocenters. The molecule has 4 nitrogen and oxygen atoms in total. The summed E-state index contributed by atoms with van der Waals surface area (Å²) in [5.41, 5.74) is 0. The number of rotatable bonds is 5. The van der Waals surface area contributed by atoms with Crippen LogP contribution in [0.1, 0.15) is 6.42 Å². The third-order valence-corrected chi connectivity index (χ3v) is 5.87. The Bertz CT molecular complexity index is 650. The highest BCUT2D eigenvalue weighted by Gasteiger charge is 2.34. The summed E-state index contributed by atoms with van der Waals surface area (Å²) >= 11 is 11.9. The minimum Gasteiger partial charge on any atom is -0.340 e. The van der Waals surface area contributed by atoms with Gasteiger partial charge in [0.25, 0.3) is 0 Å². The van der Waals surface area contributed by atoms with Crippen molar-refractivity contribution in [1.82, 2.24) is 9.80 Å². The molecule has 0 aliphatic carbocycles. The van der Waals surface area contributed by atoms with Crippen molar-refractivity contribution < 1.29 is 22.2 Å². The van der Waals surface area contributed by atoms with Crippen molar-refractivity contribution in [3.8, 4) is 0 Å². The van der Waals surface area contributed by atoms with Crippen LogP contribution in [0.3, 0.4) is 0 Å². The van der Waals surface area contributed by atoms with Crippen molar-refractivity contribution in [3.63, 3.8) is 0 Å². The van der Waals surface area contributed by atoms with E-state index in [1.165, 1.54) is 4.90 Å². The standard InChI is InChI=1S/C15H17Cl2F3N2O2S/c16-11-1-2-12(17)13(9-11)25(24)8-7-21-3-5-22(6-4-21)14(23)10-15(18,19)20/h1-2,9H,3-8,10H2. The first kappa shape index (κ1) is 20.5. The van der Waals surface area contributed by atoms with Crippen molar-refractivity contribution in [2.75, 3.05) is 38.5 Å². The molecule has 0 saturated carbocycles. The molecule has 2 rings (SSSR count). The van der Waals surface area contributed by atoms with Gasteiger partial charge in [0.05, 0.1) is 20.7 Å². The maximum Gasteiger partial charge on any atom is 0.397 e. The molecule has 1 aliphatic heterocycles. The first-order valence-corrected chi connectivity index (χ1v) is 9.63. The molecule has 1 aromatic rings. The molecule has 0 bridgehead atoms. The summed E-state index contributed by atoms with van der Waals surface area (Å²) in [7, 11) is -1.33. The molecule has 0 aromatic heterocycles. The Morgan fingerprint density at radius 3 is 2.40 bits per heavy atom. The second-order valence-electron chi connectivity index (χ2n) is 5.64. The molecule has 0 N–H and O–H groups in total. The summed E-state index contributed by atoms with van der Waals surface area (Å²) in [6.07, 6.45) is -5.91. The van der Waals surface area contributed by atoms with E-state index in [-0.39, 0.29) is 13.1 Å². The van der Waals surface area contributed by atoms with E-state index < -0.39 is 29.3 Å². The first-order valence-electron chi connectivity index (χ1n) is 7.56. The molecule has 0 spiro atoms. The van der Waals surface area contributed by atoms with Crippen molar-refractivity contribution in [2.24, 2.45) is 0 Å². The third-order valence-electron chi connectivity index (χ3n) is 3.81. The second-order valence-corrected chi connectivity index (χ2v) is 8.02. The number of amides is 1. The molecular formula is C15H17Cl2F3N2O2S. The van der Waals surface area contributed by atoms with Gasteiger partial charge in [-0.25, -0.2) is 0 Å². The summed E-state index contributed by atoms with van der Waals surface area (Å²) in [5, 5.41) is 0.829. The predicted molar refractivity (Wildman–Crippen MR) is 91.4 cm³/mol. The summed E-state index contributed by atoms with van der Waals surface area (Å²) < 4.78 is 49.1. The fraction of sp³-hybridized carbons (Fsp3) is 0.533. The van der Waals surface area contributed by atoms with Gasteiger partial charge in [-0.15, -0.1) is 0 Å². The maximum atomic E-state index is 12.3. The van der Waals surface area contributed by atoms with Crippen LogP contribution >= 0.6 is 23.2 Å². The monoisotopic (exact) mass is 416 g/mol. The van der Waals surface area contributed by atoms with Crippen LogP contribution in [0.25, 0.3) is 0 Å². The average molecular weight is 417 g/mol. The van der Waals surface area contributed by atoms with E-state index in [1.54, 1.807) is 18.2 Å². The third kappa shape index (κ3) is 6.44. The molecule has 0 radical (unpaired) electrons. The summed E-state index contributed by atoms with van der Waals surface area (Å²) in [4.78, 5) is 15.2. The Balaban J connectivity index is 1.79. The lowest BCUT2D eigenvalue weighted by Crippen LogP contribution is -2.50. The van der Waals surface area contributed by atoms with Crippen molar-refractivity contribution in [3.05, 3.63) is 28.2 Å². The molecule has 1 aliphatic rings. The van der Waals surface area contributed by atoms with E-state index in [9.17, 15) is 22.2 Å². The van der Waals surface area contributed by atoms with Gasteiger partial charge in [-0.05, 0) is 18.2 Å². The lowest BCUT2D eigenvalue weighted by atomic mass is 10.2. The summed E-state index contributed by atoms with van der Waals surface area (Å²) in [6, 6.07) is 4.76. The molecule has 1 unspecified atom stereocenters. The minimum atomic E-state index is -4.48. The van der Waals surface area contributed by atoms with E-state index >= 15 is 0 Å². The number of hydrogen-bond acceptors (Lipinski definition) is 3. The number of benzene rings is 1. The van der Waals surface area contributed by atoms with Crippen LogP contribution in [-0.2, 0) is 15.6 Å². The molecule has 10 heteroatoms. The highest BCUT2D eigenvalue weighted by atomic mass is 35.5. The van der Waals surface area contributed by atoms with Gasteiger partial charge in [-0.3, -0.25) is 13.9 Å². The molecular weight excluding hydrogens is 400 g/mol. The van der Waals surface area contributed by atoms with E-state index in [0.717, 1.165) is 0 Å². The fourth-order valence-corrected chi connectivity index (χ4v) is 4.28. The highest BCUT2D eigenvalue weighted by molar-refractivity contribution is 7.85. The number of halogens is 5. The van der Waals surface area contributed by atoms with E-state index in [1.807, 2.05) is 4.90 Å². The van der Waals surface area contributed by atoms with E-state index in [4.69, 9.17) is 23.2 Å². The Hall–Kier alpha value is -0.830. The first-order chi connectivity index (χ1) is 11.7. The second kappa shape index (κ2) is 8.70. The van der Waals surface area contributed by atoms with Gasteiger partial charge in [0.15, 0.2) is 0 Å². The number of nitrogens with zero attached hydrogens (tertiary/aromatic N) is 2. The Labute approximate surface area is 156 Å². The predicted octanol–water partition coefficient (Wildman–Crippen LogP) is 3.20. The van der Waals surface area contributed by atoms with Crippen molar-refractivity contribution in [1.29, 1.82) is 0 Å². The zero-order valence-electron chi connectivity index (χ0n) is 13.2. The van der Waals surface area contributed by atoms with Crippen LogP contribution in [0.4, 0.5) is 13.2 Å². The zero-order chi connectivity index (χ0) is 18.6. The molecule has 1 amide bonds. The van der Waals surface area contributed by atoms with Crippen LogP contribution in [0.2, 0.25) is 10.0 Å². The van der Waals surface area contributed by atoms with Crippen LogP contribution in [-0.4, -0.2) is 64.6 Å². The van der Waals surface area contributed by atoms with Gasteiger partial charge in [0.1, 0.15) is 6.42 Å². The normalized spacial score (nSPS) is 17.6. The van der Waals surface area contributed by atoms with Crippen LogP contribution < -0.4 is 0 Å². The molecule has 1 saturated heterocycles. The Morgan fingerprint density at radius 2 is 1.80 bits per heavy atom. The fourth-order valence-electron chi connectivity index (χ4n) is 2.48. The summed E-state index contributed by atoms with van der Waals surface area (Å²) in [6.45, 7) is 1.86. The van der Waals surface area contributed by atoms with E-state index in [0.29, 0.717) is 40.3 Å².